The summed E-state index contributed by atoms with van der Waals surface area (Å²) < 4.78 is 3.51. The molecule has 0 radical (unpaired) electrons. The van der Waals surface area contributed by atoms with Gasteiger partial charge in [0.05, 0.1) is 0 Å². The van der Waals surface area contributed by atoms with Crippen LogP contribution in [0, 0.1) is 0 Å². The van der Waals surface area contributed by atoms with Gasteiger partial charge in [-0.15, -0.1) is 0 Å². The minimum atomic E-state index is -0.00593. The first-order chi connectivity index (χ1) is 7.09. The quantitative estimate of drug-likeness (QED) is 0.617. The molecule has 80 valence electrons. The van der Waals surface area contributed by atoms with E-state index in [1.807, 2.05) is 0 Å². The molecule has 1 heteroatoms. The van der Waals surface area contributed by atoms with Crippen LogP contribution in [0.3, 0.4) is 0 Å². The van der Waals surface area contributed by atoms with Gasteiger partial charge in [0.1, 0.15) is 0 Å². The number of hydrogen-bond acceptors (Lipinski definition) is 0. The Bertz CT molecular complexity index is 386. The molecule has 0 heterocycles. The van der Waals surface area contributed by atoms with Gasteiger partial charge < -0.3 is 2.85 Å². The molecule has 0 bridgehead atoms. The molecule has 0 aromatic heterocycles. The Kier molecular flexibility index (Phi) is 3.18. The summed E-state index contributed by atoms with van der Waals surface area (Å²) in [5.41, 5.74) is 6.18. The van der Waals surface area contributed by atoms with Gasteiger partial charge in [0.2, 0.25) is 0 Å². The monoisotopic (exact) mass is 236 g/mol. The van der Waals surface area contributed by atoms with E-state index in [-0.39, 0.29) is 22.0 Å². The molecule has 0 nitrogen and oxygen atoms in total. The molecule has 0 aliphatic heterocycles. The van der Waals surface area contributed by atoms with E-state index in [9.17, 15) is 0 Å². The van der Waals surface area contributed by atoms with Crippen molar-refractivity contribution < 1.29 is 22.0 Å². The molecule has 2 aliphatic rings. The van der Waals surface area contributed by atoms with Gasteiger partial charge in [-0.3, -0.25) is 0 Å². The van der Waals surface area contributed by atoms with Gasteiger partial charge in [-0.1, -0.05) is 0 Å². The molecule has 0 fully saturated rings. The van der Waals surface area contributed by atoms with Gasteiger partial charge in [0.15, 0.2) is 0 Å². The molecule has 0 saturated heterocycles. The van der Waals surface area contributed by atoms with Crippen LogP contribution in [0.5, 0.6) is 0 Å². The third-order valence-electron chi connectivity index (χ3n) is 3.61. The summed E-state index contributed by atoms with van der Waals surface area (Å²) in [7, 11) is 0. The number of hydrogen-bond donors (Lipinski definition) is 0. The van der Waals surface area contributed by atoms with Crippen molar-refractivity contribution in [2.45, 2.75) is 40.5 Å². The summed E-state index contributed by atoms with van der Waals surface area (Å²) >= 11 is -0.00593. The molecule has 2 aliphatic carbocycles. The second kappa shape index (κ2) is 4.27. The van der Waals surface area contributed by atoms with Crippen LogP contribution >= 0.6 is 0 Å². The van der Waals surface area contributed by atoms with Crippen molar-refractivity contribution in [1.82, 2.24) is 0 Å². The summed E-state index contributed by atoms with van der Waals surface area (Å²) in [6, 6.07) is 0. The van der Waals surface area contributed by atoms with Crippen LogP contribution < -0.4 is 0 Å². The van der Waals surface area contributed by atoms with Gasteiger partial charge in [0.25, 0.3) is 0 Å². The van der Waals surface area contributed by atoms with Crippen molar-refractivity contribution in [2.75, 3.05) is 0 Å². The molecule has 0 spiro atoms. The Morgan fingerprint density at radius 1 is 0.867 bits per heavy atom. The van der Waals surface area contributed by atoms with Crippen LogP contribution in [0.4, 0.5) is 0 Å². The summed E-state index contributed by atoms with van der Waals surface area (Å²) in [6.07, 6.45) is 7.24. The Morgan fingerprint density at radius 3 is 1.53 bits per heavy atom. The summed E-state index contributed by atoms with van der Waals surface area (Å²) in [4.78, 5) is 0. The molecule has 0 atom stereocenters. The molecule has 0 N–H and O–H groups in total. The molecule has 0 aromatic carbocycles. The third kappa shape index (κ3) is 2.12. The first kappa shape index (κ1) is 11.2. The van der Waals surface area contributed by atoms with Crippen LogP contribution in [0.15, 0.2) is 42.2 Å². The normalized spacial score (nSPS) is 20.8. The molecule has 0 saturated carbocycles. The first-order valence-electron chi connectivity index (χ1n) is 5.60. The second-order valence-electron chi connectivity index (χ2n) is 4.51. The van der Waals surface area contributed by atoms with Gasteiger partial charge >= 0.3 is 102 Å². The maximum Gasteiger partial charge on any atom is -1.00 e. The van der Waals surface area contributed by atoms with E-state index in [2.05, 4.69) is 39.8 Å². The van der Waals surface area contributed by atoms with E-state index < -0.39 is 0 Å². The minimum Gasteiger partial charge on any atom is -1.00 e. The molecule has 2 rings (SSSR count). The van der Waals surface area contributed by atoms with E-state index >= 15 is 0 Å². The van der Waals surface area contributed by atoms with Crippen molar-refractivity contribution in [3.8, 4) is 0 Å². The third-order valence-corrected chi connectivity index (χ3v) is 6.37. The van der Waals surface area contributed by atoms with E-state index in [4.69, 9.17) is 0 Å². The second-order valence-corrected chi connectivity index (χ2v) is 6.79. The van der Waals surface area contributed by atoms with E-state index in [0.717, 1.165) is 0 Å². The first-order valence-corrected chi connectivity index (χ1v) is 7.16. The average molecular weight is 236 g/mol. The van der Waals surface area contributed by atoms with Crippen molar-refractivity contribution >= 4 is 0 Å². The fourth-order valence-corrected chi connectivity index (χ4v) is 4.48. The van der Waals surface area contributed by atoms with E-state index in [0.29, 0.717) is 0 Å². The summed E-state index contributed by atoms with van der Waals surface area (Å²) in [5.74, 6) is 0. The predicted octanol–water partition coefficient (Wildman–Crippen LogP) is 4.54. The summed E-state index contributed by atoms with van der Waals surface area (Å²) in [6.45, 7) is 9.08. The van der Waals surface area contributed by atoms with E-state index in [1.165, 1.54) is 24.0 Å². The molecular weight excluding hydrogens is 216 g/mol. The van der Waals surface area contributed by atoms with Crippen LogP contribution in [-0.2, 0) is 19.2 Å². The fraction of sp³-hybridized carbons (Fsp3) is 0.429. The maximum atomic E-state index is 2.39. The smallest absolute Gasteiger partial charge is 1.00 e. The standard InChI is InChI=1S/2C7H9.Ti.2H/c2*1-6-4-3-5-7(6)2;;;/h2*4H,3H2,1-2H3;;;/q;;+2;2*-1. The van der Waals surface area contributed by atoms with Crippen LogP contribution in [0.25, 0.3) is 0 Å². The SMILES string of the molecule is CC1=CC[C]([Ti+2][C]2=C(C)C(C)=CC2)=C1C.[H-].[H-]. The Balaban J connectivity index is 0.00000128. The van der Waals surface area contributed by atoms with Gasteiger partial charge in [-0.25, -0.2) is 0 Å². The zero-order valence-corrected chi connectivity index (χ0v) is 11.6. The topological polar surface area (TPSA) is 0 Å². The van der Waals surface area contributed by atoms with Gasteiger partial charge in [-0.2, -0.15) is 0 Å². The van der Waals surface area contributed by atoms with E-state index in [1.54, 1.807) is 18.9 Å². The fourth-order valence-electron chi connectivity index (χ4n) is 2.07. The molecule has 0 aromatic rings. The summed E-state index contributed by atoms with van der Waals surface area (Å²) in [5, 5.41) is 0. The maximum absolute atomic E-state index is 2.39. The Labute approximate surface area is 105 Å². The van der Waals surface area contributed by atoms with Crippen LogP contribution in [-0.4, -0.2) is 0 Å². The Hall–Kier alpha value is -0.326. The molecular formula is C14H20Ti. The minimum absolute atomic E-state index is 0. The van der Waals surface area contributed by atoms with Crippen molar-refractivity contribution in [2.24, 2.45) is 0 Å². The predicted molar refractivity (Wildman–Crippen MR) is 64.4 cm³/mol. The zero-order valence-electron chi connectivity index (χ0n) is 12.1. The van der Waals surface area contributed by atoms with Crippen molar-refractivity contribution in [3.63, 3.8) is 0 Å². The molecule has 0 amide bonds. The average Bonchev–Trinajstić information content (AvgIpc) is 2.68. The number of rotatable bonds is 2. The van der Waals surface area contributed by atoms with Gasteiger partial charge in [0, 0.05) is 0 Å². The van der Waals surface area contributed by atoms with Gasteiger partial charge in [-0.05, 0) is 0 Å². The Morgan fingerprint density at radius 2 is 1.27 bits per heavy atom. The number of allylic oxidation sites excluding steroid dienone is 8. The zero-order chi connectivity index (χ0) is 11.0. The largest absolute Gasteiger partial charge is 1.00 e. The molecule has 15 heavy (non-hydrogen) atoms. The van der Waals surface area contributed by atoms with Crippen LogP contribution in [0.2, 0.25) is 0 Å². The van der Waals surface area contributed by atoms with Crippen molar-refractivity contribution in [1.29, 1.82) is 0 Å². The van der Waals surface area contributed by atoms with Crippen molar-refractivity contribution in [3.05, 3.63) is 42.2 Å². The van der Waals surface area contributed by atoms with Crippen LogP contribution in [0.1, 0.15) is 43.4 Å². The molecule has 0 unspecified atom stereocenters.